The molecule has 1 heterocycles. The summed E-state index contributed by atoms with van der Waals surface area (Å²) in [6.45, 7) is 0.349. The van der Waals surface area contributed by atoms with Crippen molar-refractivity contribution in [3.05, 3.63) is 34.1 Å². The maximum absolute atomic E-state index is 13.8. The third-order valence-electron chi connectivity index (χ3n) is 2.98. The highest BCUT2D eigenvalue weighted by molar-refractivity contribution is 9.10. The van der Waals surface area contributed by atoms with Gasteiger partial charge >= 0.3 is 5.97 Å². The summed E-state index contributed by atoms with van der Waals surface area (Å²) in [6.07, 6.45) is 1.04. The van der Waals surface area contributed by atoms with Crippen molar-refractivity contribution in [3.63, 3.8) is 0 Å². The zero-order valence-electron chi connectivity index (χ0n) is 9.40. The molecule has 96 valence electrons. The van der Waals surface area contributed by atoms with E-state index >= 15 is 0 Å². The normalized spacial score (nSPS) is 19.0. The summed E-state index contributed by atoms with van der Waals surface area (Å²) in [5.74, 6) is -2.27. The Kier molecular flexibility index (Phi) is 3.65. The Morgan fingerprint density at radius 2 is 2.17 bits per heavy atom. The zero-order valence-corrected chi connectivity index (χ0v) is 11.0. The molecule has 1 aliphatic rings. The van der Waals surface area contributed by atoms with Gasteiger partial charge in [-0.3, -0.25) is 4.79 Å². The van der Waals surface area contributed by atoms with Crippen molar-refractivity contribution in [2.75, 3.05) is 6.54 Å². The molecule has 0 unspecified atom stereocenters. The van der Waals surface area contributed by atoms with Gasteiger partial charge in [0.15, 0.2) is 0 Å². The average molecular weight is 316 g/mol. The highest BCUT2D eigenvalue weighted by atomic mass is 79.9. The van der Waals surface area contributed by atoms with Crippen LogP contribution in [0.1, 0.15) is 23.2 Å². The van der Waals surface area contributed by atoms with Crippen LogP contribution in [0.25, 0.3) is 0 Å². The summed E-state index contributed by atoms with van der Waals surface area (Å²) in [4.78, 5) is 24.4. The van der Waals surface area contributed by atoms with Gasteiger partial charge in [-0.15, -0.1) is 0 Å². The van der Waals surface area contributed by atoms with Gasteiger partial charge in [0, 0.05) is 6.54 Å². The second kappa shape index (κ2) is 5.06. The molecule has 0 saturated carbocycles. The Morgan fingerprint density at radius 3 is 2.83 bits per heavy atom. The first-order chi connectivity index (χ1) is 8.52. The summed E-state index contributed by atoms with van der Waals surface area (Å²) in [6, 6.07) is 3.55. The van der Waals surface area contributed by atoms with Crippen molar-refractivity contribution >= 4 is 27.8 Å². The number of carbonyl (C=O) groups is 2. The molecular formula is C12H11BrFNO3. The van der Waals surface area contributed by atoms with Crippen LogP contribution in [0.5, 0.6) is 0 Å². The van der Waals surface area contributed by atoms with Gasteiger partial charge in [0.05, 0.1) is 10.0 Å². The molecule has 1 atom stereocenters. The van der Waals surface area contributed by atoms with Crippen LogP contribution in [0.4, 0.5) is 4.39 Å². The van der Waals surface area contributed by atoms with E-state index in [2.05, 4.69) is 15.9 Å². The maximum Gasteiger partial charge on any atom is 0.326 e. The Morgan fingerprint density at radius 1 is 1.44 bits per heavy atom. The van der Waals surface area contributed by atoms with Crippen LogP contribution in [0.15, 0.2) is 22.7 Å². The number of hydrogen-bond acceptors (Lipinski definition) is 2. The van der Waals surface area contributed by atoms with Crippen molar-refractivity contribution in [1.29, 1.82) is 0 Å². The smallest absolute Gasteiger partial charge is 0.326 e. The lowest BCUT2D eigenvalue weighted by molar-refractivity contribution is -0.141. The fourth-order valence-electron chi connectivity index (χ4n) is 2.09. The monoisotopic (exact) mass is 315 g/mol. The van der Waals surface area contributed by atoms with E-state index in [4.69, 9.17) is 5.11 Å². The molecule has 0 radical (unpaired) electrons. The number of aliphatic carboxylic acids is 1. The van der Waals surface area contributed by atoms with E-state index in [0.717, 1.165) is 0 Å². The summed E-state index contributed by atoms with van der Waals surface area (Å²) < 4.78 is 14.0. The predicted octanol–water partition coefficient (Wildman–Crippen LogP) is 2.28. The van der Waals surface area contributed by atoms with E-state index in [1.54, 1.807) is 6.07 Å². The summed E-state index contributed by atoms with van der Waals surface area (Å²) in [5, 5.41) is 9.01. The van der Waals surface area contributed by atoms with Crippen molar-refractivity contribution < 1.29 is 19.1 Å². The summed E-state index contributed by atoms with van der Waals surface area (Å²) in [7, 11) is 0. The van der Waals surface area contributed by atoms with Gasteiger partial charge in [-0.25, -0.2) is 9.18 Å². The first-order valence-electron chi connectivity index (χ1n) is 5.50. The number of rotatable bonds is 2. The standard InChI is InChI=1S/C12H11BrFNO3/c13-8-4-1-3-7(10(8)14)11(16)15-6-2-5-9(15)12(17)18/h1,3-4,9H,2,5-6H2,(H,17,18)/t9-/m0/s1. The third kappa shape index (κ3) is 2.25. The lowest BCUT2D eigenvalue weighted by Gasteiger charge is -2.21. The minimum Gasteiger partial charge on any atom is -0.480 e. The molecule has 0 aliphatic carbocycles. The zero-order chi connectivity index (χ0) is 13.3. The first kappa shape index (κ1) is 13.0. The summed E-state index contributed by atoms with van der Waals surface area (Å²) in [5.41, 5.74) is -0.0995. The minimum atomic E-state index is -1.05. The number of carboxylic acids is 1. The van der Waals surface area contributed by atoms with Gasteiger partial charge in [0.25, 0.3) is 5.91 Å². The fourth-order valence-corrected chi connectivity index (χ4v) is 2.46. The van der Waals surface area contributed by atoms with E-state index in [1.807, 2.05) is 0 Å². The molecule has 1 aromatic rings. The molecule has 1 aliphatic heterocycles. The first-order valence-corrected chi connectivity index (χ1v) is 6.29. The Balaban J connectivity index is 2.31. The molecule has 2 rings (SSSR count). The molecule has 1 aromatic carbocycles. The number of benzene rings is 1. The molecular weight excluding hydrogens is 305 g/mol. The van der Waals surface area contributed by atoms with Crippen LogP contribution < -0.4 is 0 Å². The van der Waals surface area contributed by atoms with E-state index in [9.17, 15) is 14.0 Å². The summed E-state index contributed by atoms with van der Waals surface area (Å²) >= 11 is 3.00. The van der Waals surface area contributed by atoms with Crippen molar-refractivity contribution in [1.82, 2.24) is 4.90 Å². The van der Waals surface area contributed by atoms with Crippen LogP contribution in [0, 0.1) is 5.82 Å². The van der Waals surface area contributed by atoms with Crippen LogP contribution in [0.3, 0.4) is 0 Å². The molecule has 4 nitrogen and oxygen atoms in total. The quantitative estimate of drug-likeness (QED) is 0.911. The molecule has 0 aromatic heterocycles. The highest BCUT2D eigenvalue weighted by Gasteiger charge is 2.35. The minimum absolute atomic E-state index is 0.0995. The fraction of sp³-hybridized carbons (Fsp3) is 0.333. The predicted molar refractivity (Wildman–Crippen MR) is 65.8 cm³/mol. The van der Waals surface area contributed by atoms with Gasteiger partial charge in [-0.1, -0.05) is 6.07 Å². The second-order valence-electron chi connectivity index (χ2n) is 4.10. The molecule has 6 heteroatoms. The number of carboxylic acid groups (broad SMARTS) is 1. The van der Waals surface area contributed by atoms with E-state index in [1.165, 1.54) is 17.0 Å². The maximum atomic E-state index is 13.8. The van der Waals surface area contributed by atoms with Crippen LogP contribution >= 0.6 is 15.9 Å². The Bertz CT molecular complexity index is 506. The average Bonchev–Trinajstić information content (AvgIpc) is 2.81. The van der Waals surface area contributed by atoms with Crippen molar-refractivity contribution in [2.45, 2.75) is 18.9 Å². The van der Waals surface area contributed by atoms with Gasteiger partial charge in [0.2, 0.25) is 0 Å². The van der Waals surface area contributed by atoms with Crippen LogP contribution in [-0.2, 0) is 4.79 Å². The lowest BCUT2D eigenvalue weighted by atomic mass is 10.1. The van der Waals surface area contributed by atoms with Crippen LogP contribution in [-0.4, -0.2) is 34.5 Å². The molecule has 1 fully saturated rings. The van der Waals surface area contributed by atoms with E-state index in [-0.39, 0.29) is 10.0 Å². The molecule has 0 spiro atoms. The van der Waals surface area contributed by atoms with Crippen LogP contribution in [0.2, 0.25) is 0 Å². The number of halogens is 2. The van der Waals surface area contributed by atoms with E-state index < -0.39 is 23.7 Å². The van der Waals surface area contributed by atoms with Crippen molar-refractivity contribution in [2.24, 2.45) is 0 Å². The molecule has 1 N–H and O–H groups in total. The van der Waals surface area contributed by atoms with E-state index in [0.29, 0.717) is 19.4 Å². The second-order valence-corrected chi connectivity index (χ2v) is 4.95. The van der Waals surface area contributed by atoms with Gasteiger partial charge in [-0.2, -0.15) is 0 Å². The highest BCUT2D eigenvalue weighted by Crippen LogP contribution is 2.24. The molecule has 18 heavy (non-hydrogen) atoms. The molecule has 1 saturated heterocycles. The van der Waals surface area contributed by atoms with Crippen molar-refractivity contribution in [3.8, 4) is 0 Å². The number of carbonyl (C=O) groups excluding carboxylic acids is 1. The topological polar surface area (TPSA) is 57.6 Å². The number of hydrogen-bond donors (Lipinski definition) is 1. The Labute approximate surface area is 112 Å². The largest absolute Gasteiger partial charge is 0.480 e. The number of nitrogens with zero attached hydrogens (tertiary/aromatic N) is 1. The SMILES string of the molecule is O=C(O)[C@@H]1CCCN1C(=O)c1cccc(Br)c1F. The lowest BCUT2D eigenvalue weighted by Crippen LogP contribution is -2.40. The number of likely N-dealkylation sites (tertiary alicyclic amines) is 1. The van der Waals surface area contributed by atoms with Gasteiger partial charge in [-0.05, 0) is 40.9 Å². The van der Waals surface area contributed by atoms with Gasteiger partial charge in [0.1, 0.15) is 11.9 Å². The third-order valence-corrected chi connectivity index (χ3v) is 3.59. The number of amides is 1. The van der Waals surface area contributed by atoms with Gasteiger partial charge < -0.3 is 10.0 Å². The molecule has 0 bridgehead atoms. The molecule has 1 amide bonds. The Hall–Kier alpha value is -1.43.